The van der Waals surface area contributed by atoms with Gasteiger partial charge in [0.1, 0.15) is 12.4 Å². The molecule has 4 rings (SSSR count). The van der Waals surface area contributed by atoms with E-state index in [1.54, 1.807) is 21.3 Å². The second kappa shape index (κ2) is 7.04. The van der Waals surface area contributed by atoms with Crippen LogP contribution in [0.1, 0.15) is 36.8 Å². The van der Waals surface area contributed by atoms with Gasteiger partial charge >= 0.3 is 0 Å². The van der Waals surface area contributed by atoms with Crippen LogP contribution in [0, 0.1) is 5.41 Å². The number of rotatable bonds is 5. The Morgan fingerprint density at radius 3 is 2.61 bits per heavy atom. The summed E-state index contributed by atoms with van der Waals surface area (Å²) in [7, 11) is 5.11. The lowest BCUT2D eigenvalue weighted by atomic mass is 9.61. The van der Waals surface area contributed by atoms with Crippen molar-refractivity contribution in [3.05, 3.63) is 29.3 Å². The monoisotopic (exact) mass is 387 g/mol. The van der Waals surface area contributed by atoms with Gasteiger partial charge in [-0.2, -0.15) is 0 Å². The van der Waals surface area contributed by atoms with Crippen LogP contribution in [0.5, 0.6) is 5.75 Å². The molecule has 1 aliphatic heterocycles. The summed E-state index contributed by atoms with van der Waals surface area (Å²) in [4.78, 5) is 19.9. The third kappa shape index (κ3) is 2.63. The number of methoxy groups -OCH3 is 2. The standard InChI is InChI=1S/C21H29N3O4/c1-24-18(25)21(23-19(24)22)17-12-16(28-11-10-26-2)5-4-14(17)13-20(21)8-6-15(27-3)7-9-20/h4-5,12,15H,6-11,13H2,1-3H3,(H2,22,23)/t15?,20?,21-/m1/s1. The number of ether oxygens (including phenoxy) is 3. The van der Waals surface area contributed by atoms with Crippen LogP contribution in [-0.2, 0) is 26.2 Å². The topological polar surface area (TPSA) is 86.4 Å². The average Bonchev–Trinajstić information content (AvgIpc) is 3.10. The van der Waals surface area contributed by atoms with E-state index in [0.29, 0.717) is 13.2 Å². The Kier molecular flexibility index (Phi) is 4.83. The van der Waals surface area contributed by atoms with E-state index in [0.717, 1.165) is 49.0 Å². The summed E-state index contributed by atoms with van der Waals surface area (Å²) in [6.07, 6.45) is 4.70. The van der Waals surface area contributed by atoms with Gasteiger partial charge in [-0.1, -0.05) is 6.07 Å². The molecule has 2 aliphatic carbocycles. The van der Waals surface area contributed by atoms with Crippen molar-refractivity contribution in [2.24, 2.45) is 16.1 Å². The van der Waals surface area contributed by atoms with Crippen LogP contribution in [-0.4, -0.2) is 57.4 Å². The van der Waals surface area contributed by atoms with Gasteiger partial charge in [0, 0.05) is 26.7 Å². The summed E-state index contributed by atoms with van der Waals surface area (Å²) in [5.74, 6) is 0.986. The molecule has 0 aromatic heterocycles. The summed E-state index contributed by atoms with van der Waals surface area (Å²) in [6, 6.07) is 6.03. The molecule has 1 amide bonds. The van der Waals surface area contributed by atoms with Crippen LogP contribution in [0.2, 0.25) is 0 Å². The Hall–Kier alpha value is -2.12. The number of nitrogens with zero attached hydrogens (tertiary/aromatic N) is 2. The largest absolute Gasteiger partial charge is 0.491 e. The number of likely N-dealkylation sites (N-methyl/N-ethyl adjacent to an activating group) is 1. The van der Waals surface area contributed by atoms with Gasteiger partial charge in [-0.25, -0.2) is 4.99 Å². The fraction of sp³-hybridized carbons (Fsp3) is 0.619. The molecule has 7 nitrogen and oxygen atoms in total. The molecule has 28 heavy (non-hydrogen) atoms. The highest BCUT2D eigenvalue weighted by Crippen LogP contribution is 2.62. The van der Waals surface area contributed by atoms with Gasteiger partial charge in [0.25, 0.3) is 5.91 Å². The van der Waals surface area contributed by atoms with Gasteiger partial charge in [-0.15, -0.1) is 0 Å². The maximum atomic E-state index is 13.5. The van der Waals surface area contributed by atoms with Crippen molar-refractivity contribution in [2.75, 3.05) is 34.5 Å². The molecule has 152 valence electrons. The summed E-state index contributed by atoms with van der Waals surface area (Å²) >= 11 is 0. The molecular weight excluding hydrogens is 358 g/mol. The van der Waals surface area contributed by atoms with Crippen LogP contribution >= 0.6 is 0 Å². The predicted octanol–water partition coefficient (Wildman–Crippen LogP) is 1.83. The van der Waals surface area contributed by atoms with E-state index >= 15 is 0 Å². The Balaban J connectivity index is 1.77. The van der Waals surface area contributed by atoms with E-state index in [-0.39, 0.29) is 23.4 Å². The first-order valence-corrected chi connectivity index (χ1v) is 9.89. The number of fused-ring (bicyclic) bond motifs is 3. The Bertz CT molecular complexity index is 801. The van der Waals surface area contributed by atoms with Crippen molar-refractivity contribution in [1.29, 1.82) is 0 Å². The lowest BCUT2D eigenvalue weighted by Crippen LogP contribution is -2.51. The Morgan fingerprint density at radius 2 is 2.00 bits per heavy atom. The van der Waals surface area contributed by atoms with Crippen LogP contribution in [0.15, 0.2) is 23.2 Å². The van der Waals surface area contributed by atoms with Crippen molar-refractivity contribution < 1.29 is 19.0 Å². The SMILES string of the molecule is COCCOc1ccc2c(c1)[C@]1(N=C(N)N(C)C1=O)C1(CCC(OC)CC1)C2. The van der Waals surface area contributed by atoms with Gasteiger partial charge in [-0.05, 0) is 55.4 Å². The quantitative estimate of drug-likeness (QED) is 0.779. The summed E-state index contributed by atoms with van der Waals surface area (Å²) in [5, 5.41) is 0. The molecule has 1 atom stereocenters. The average molecular weight is 387 g/mol. The van der Waals surface area contributed by atoms with Crippen LogP contribution in [0.3, 0.4) is 0 Å². The van der Waals surface area contributed by atoms with E-state index in [2.05, 4.69) is 6.07 Å². The molecule has 3 aliphatic rings. The fourth-order valence-corrected chi connectivity index (χ4v) is 5.24. The second-order valence-electron chi connectivity index (χ2n) is 8.10. The van der Waals surface area contributed by atoms with Gasteiger partial charge in [0.15, 0.2) is 11.5 Å². The number of nitrogens with two attached hydrogens (primary N) is 1. The highest BCUT2D eigenvalue weighted by molar-refractivity contribution is 6.08. The molecule has 0 bridgehead atoms. The number of hydrogen-bond acceptors (Lipinski definition) is 6. The summed E-state index contributed by atoms with van der Waals surface area (Å²) in [6.45, 7) is 0.972. The molecule has 1 heterocycles. The molecule has 2 N–H and O–H groups in total. The van der Waals surface area contributed by atoms with Crippen LogP contribution < -0.4 is 10.5 Å². The molecule has 1 fully saturated rings. The van der Waals surface area contributed by atoms with Crippen LogP contribution in [0.4, 0.5) is 0 Å². The zero-order valence-electron chi connectivity index (χ0n) is 16.9. The molecular formula is C21H29N3O4. The van der Waals surface area contributed by atoms with Gasteiger partial charge in [0.2, 0.25) is 0 Å². The summed E-state index contributed by atoms with van der Waals surface area (Å²) < 4.78 is 16.5. The number of hydrogen-bond donors (Lipinski definition) is 1. The zero-order valence-corrected chi connectivity index (χ0v) is 16.9. The number of aliphatic imine (C=N–C) groups is 1. The lowest BCUT2D eigenvalue weighted by Gasteiger charge is -2.45. The number of carbonyl (C=O) groups excluding carboxylic acids is 1. The minimum Gasteiger partial charge on any atom is -0.491 e. The van der Waals surface area contributed by atoms with E-state index in [4.69, 9.17) is 24.9 Å². The predicted molar refractivity (Wildman–Crippen MR) is 105 cm³/mol. The molecule has 2 spiro atoms. The lowest BCUT2D eigenvalue weighted by molar-refractivity contribution is -0.137. The van der Waals surface area contributed by atoms with Crippen molar-refractivity contribution in [2.45, 2.75) is 43.7 Å². The maximum Gasteiger partial charge on any atom is 0.262 e. The van der Waals surface area contributed by atoms with Crippen LogP contribution in [0.25, 0.3) is 0 Å². The molecule has 1 saturated carbocycles. The number of guanidine groups is 1. The molecule has 1 aromatic rings. The van der Waals surface area contributed by atoms with E-state index < -0.39 is 5.54 Å². The maximum absolute atomic E-state index is 13.5. The van der Waals surface area contributed by atoms with E-state index in [9.17, 15) is 4.79 Å². The fourth-order valence-electron chi connectivity index (χ4n) is 5.24. The third-order valence-electron chi connectivity index (χ3n) is 6.79. The Labute approximate surface area is 165 Å². The van der Waals surface area contributed by atoms with Crippen molar-refractivity contribution in [3.8, 4) is 5.75 Å². The van der Waals surface area contributed by atoms with Crippen molar-refractivity contribution >= 4 is 11.9 Å². The second-order valence-corrected chi connectivity index (χ2v) is 8.10. The van der Waals surface area contributed by atoms with Crippen molar-refractivity contribution in [3.63, 3.8) is 0 Å². The molecule has 1 aromatic carbocycles. The number of benzene rings is 1. The highest BCUT2D eigenvalue weighted by atomic mass is 16.5. The summed E-state index contributed by atoms with van der Waals surface area (Å²) in [5.41, 5.74) is 7.03. The third-order valence-corrected chi connectivity index (χ3v) is 6.79. The van der Waals surface area contributed by atoms with E-state index in [1.165, 1.54) is 4.90 Å². The highest BCUT2D eigenvalue weighted by Gasteiger charge is 2.66. The molecule has 7 heteroatoms. The van der Waals surface area contributed by atoms with Gasteiger partial charge in [-0.3, -0.25) is 9.69 Å². The van der Waals surface area contributed by atoms with Gasteiger partial charge in [0.05, 0.1) is 12.7 Å². The van der Waals surface area contributed by atoms with Crippen molar-refractivity contribution in [1.82, 2.24) is 4.90 Å². The smallest absolute Gasteiger partial charge is 0.262 e. The van der Waals surface area contributed by atoms with Gasteiger partial charge < -0.3 is 19.9 Å². The van der Waals surface area contributed by atoms with E-state index in [1.807, 2.05) is 12.1 Å². The first-order chi connectivity index (χ1) is 13.5. The normalized spacial score (nSPS) is 31.5. The molecule has 0 saturated heterocycles. The first kappa shape index (κ1) is 19.2. The number of carbonyl (C=O) groups is 1. The molecule has 0 radical (unpaired) electrons. The zero-order chi connectivity index (χ0) is 19.9. The first-order valence-electron chi connectivity index (χ1n) is 9.89. The Morgan fingerprint density at radius 1 is 1.25 bits per heavy atom. The number of amides is 1. The molecule has 0 unspecified atom stereocenters. The minimum atomic E-state index is -0.958. The minimum absolute atomic E-state index is 0.0336.